The topological polar surface area (TPSA) is 116 Å². The van der Waals surface area contributed by atoms with Crippen LogP contribution >= 0.6 is 11.6 Å². The number of hydrogen-bond acceptors (Lipinski definition) is 7. The molecule has 0 unspecified atom stereocenters. The average Bonchev–Trinajstić information content (AvgIpc) is 3.31. The summed E-state index contributed by atoms with van der Waals surface area (Å²) in [6.45, 7) is -0.532. The fourth-order valence-corrected chi connectivity index (χ4v) is 4.51. The van der Waals surface area contributed by atoms with Gasteiger partial charge in [-0.25, -0.2) is 0 Å². The van der Waals surface area contributed by atoms with Crippen molar-refractivity contribution in [2.24, 2.45) is 0 Å². The van der Waals surface area contributed by atoms with Crippen LogP contribution in [0.15, 0.2) is 42.5 Å². The molecule has 1 saturated carbocycles. The van der Waals surface area contributed by atoms with E-state index < -0.39 is 37.1 Å². The predicted octanol–water partition coefficient (Wildman–Crippen LogP) is 2.41. The first-order chi connectivity index (χ1) is 15.4. The smallest absolute Gasteiger partial charge is 0.194 e. The maximum atomic E-state index is 13.1. The van der Waals surface area contributed by atoms with Gasteiger partial charge in [0.25, 0.3) is 0 Å². The van der Waals surface area contributed by atoms with Crippen molar-refractivity contribution in [3.05, 3.63) is 64.2 Å². The molecular weight excluding hydrogens is 436 g/mol. The normalized spacial score (nSPS) is 28.6. The summed E-state index contributed by atoms with van der Waals surface area (Å²) < 4.78 is 11.5. The average molecular weight is 463 g/mol. The van der Waals surface area contributed by atoms with Crippen LogP contribution in [0.2, 0.25) is 5.02 Å². The van der Waals surface area contributed by atoms with Crippen LogP contribution in [-0.4, -0.2) is 63.3 Å². The Kier molecular flexibility index (Phi) is 7.14. The first-order valence-electron chi connectivity index (χ1n) is 10.8. The highest BCUT2D eigenvalue weighted by Crippen LogP contribution is 2.34. The second kappa shape index (κ2) is 9.87. The van der Waals surface area contributed by atoms with E-state index in [0.717, 1.165) is 18.6 Å². The Balaban J connectivity index is 1.55. The lowest BCUT2D eigenvalue weighted by Crippen LogP contribution is -2.55. The van der Waals surface area contributed by atoms with Gasteiger partial charge in [-0.2, -0.15) is 0 Å². The first kappa shape index (κ1) is 23.2. The van der Waals surface area contributed by atoms with Crippen molar-refractivity contribution in [1.82, 2.24) is 0 Å². The minimum atomic E-state index is -1.51. The molecule has 2 fully saturated rings. The van der Waals surface area contributed by atoms with Gasteiger partial charge >= 0.3 is 0 Å². The number of hydrogen-bond donors (Lipinski definition) is 4. The molecule has 0 aromatic heterocycles. The van der Waals surface area contributed by atoms with Crippen molar-refractivity contribution in [3.8, 4) is 5.75 Å². The van der Waals surface area contributed by atoms with Crippen LogP contribution in [0.5, 0.6) is 5.75 Å². The highest BCUT2D eigenvalue weighted by Gasteiger charge is 2.44. The summed E-state index contributed by atoms with van der Waals surface area (Å²) >= 11 is 6.29. The summed E-state index contributed by atoms with van der Waals surface area (Å²) in [5, 5.41) is 40.1. The lowest BCUT2D eigenvalue weighted by atomic mass is 9.90. The van der Waals surface area contributed by atoms with Crippen molar-refractivity contribution in [2.75, 3.05) is 6.61 Å². The molecule has 8 heteroatoms. The zero-order valence-electron chi connectivity index (χ0n) is 17.4. The van der Waals surface area contributed by atoms with E-state index in [1.807, 2.05) is 0 Å². The summed E-state index contributed by atoms with van der Waals surface area (Å²) in [4.78, 5) is 13.1. The third-order valence-corrected chi connectivity index (χ3v) is 6.51. The standard InChI is InChI=1S/C24H27ClO7/c25-18-10-7-14(24-23(30)22(29)21(28)19(12-26)32-24)11-17(18)20(27)13-5-8-16(9-6-13)31-15-3-1-2-4-15/h5-11,15,19,21-24,26,28-30H,1-4,12H2/t19-,21-,22+,23-,24+/m1/s1. The molecule has 0 amide bonds. The van der Waals surface area contributed by atoms with E-state index in [2.05, 4.69) is 0 Å². The fourth-order valence-electron chi connectivity index (χ4n) is 4.31. The number of aliphatic hydroxyl groups is 4. The van der Waals surface area contributed by atoms with E-state index in [9.17, 15) is 25.2 Å². The Labute approximate surface area is 191 Å². The van der Waals surface area contributed by atoms with Crippen LogP contribution < -0.4 is 4.74 Å². The lowest BCUT2D eigenvalue weighted by molar-refractivity contribution is -0.231. The Morgan fingerprint density at radius 2 is 1.69 bits per heavy atom. The molecule has 1 aliphatic heterocycles. The SMILES string of the molecule is O=C(c1ccc(OC2CCCC2)cc1)c1cc([C@@H]2O[C@H](CO)[C@@H](O)[C@H](O)[C@H]2O)ccc1Cl. The molecule has 172 valence electrons. The Hall–Kier alpha value is -2.00. The van der Waals surface area contributed by atoms with E-state index in [0.29, 0.717) is 11.1 Å². The molecule has 7 nitrogen and oxygen atoms in total. The third kappa shape index (κ3) is 4.69. The van der Waals surface area contributed by atoms with Crippen LogP contribution in [0.4, 0.5) is 0 Å². The van der Waals surface area contributed by atoms with Gasteiger partial charge in [0.15, 0.2) is 5.78 Å². The van der Waals surface area contributed by atoms with Gasteiger partial charge in [-0.3, -0.25) is 4.79 Å². The van der Waals surface area contributed by atoms with E-state index in [-0.39, 0.29) is 22.5 Å². The fraction of sp³-hybridized carbons (Fsp3) is 0.458. The summed E-state index contributed by atoms with van der Waals surface area (Å²) in [6.07, 6.45) is -1.84. The van der Waals surface area contributed by atoms with Crippen LogP contribution in [-0.2, 0) is 4.74 Å². The zero-order chi connectivity index (χ0) is 22.8. The van der Waals surface area contributed by atoms with E-state index >= 15 is 0 Å². The van der Waals surface area contributed by atoms with Gasteiger partial charge in [0, 0.05) is 11.1 Å². The van der Waals surface area contributed by atoms with E-state index in [1.54, 1.807) is 30.3 Å². The van der Waals surface area contributed by atoms with E-state index in [1.165, 1.54) is 25.0 Å². The zero-order valence-corrected chi connectivity index (χ0v) is 18.2. The molecule has 32 heavy (non-hydrogen) atoms. The molecule has 1 aliphatic carbocycles. The summed E-state index contributed by atoms with van der Waals surface area (Å²) in [7, 11) is 0. The van der Waals surface area contributed by atoms with Gasteiger partial charge < -0.3 is 29.9 Å². The molecule has 2 aliphatic rings. The van der Waals surface area contributed by atoms with Crippen molar-refractivity contribution in [2.45, 2.75) is 62.3 Å². The van der Waals surface area contributed by atoms with Crippen LogP contribution in [0.3, 0.4) is 0 Å². The van der Waals surface area contributed by atoms with Gasteiger partial charge in [-0.05, 0) is 67.6 Å². The largest absolute Gasteiger partial charge is 0.490 e. The molecule has 5 atom stereocenters. The predicted molar refractivity (Wildman–Crippen MR) is 117 cm³/mol. The Bertz CT molecular complexity index is 940. The van der Waals surface area contributed by atoms with Crippen LogP contribution in [0, 0.1) is 0 Å². The highest BCUT2D eigenvalue weighted by molar-refractivity contribution is 6.35. The molecule has 0 radical (unpaired) electrons. The van der Waals surface area contributed by atoms with Gasteiger partial charge in [0.2, 0.25) is 0 Å². The maximum absolute atomic E-state index is 13.1. The quantitative estimate of drug-likeness (QED) is 0.487. The molecular formula is C24H27ClO7. The summed E-state index contributed by atoms with van der Waals surface area (Å²) in [5.74, 6) is 0.406. The summed E-state index contributed by atoms with van der Waals surface area (Å²) in [6, 6.07) is 11.5. The number of ether oxygens (including phenoxy) is 2. The molecule has 4 rings (SSSR count). The molecule has 2 aromatic rings. The molecule has 1 saturated heterocycles. The lowest BCUT2D eigenvalue weighted by Gasteiger charge is -2.40. The number of aliphatic hydroxyl groups excluding tert-OH is 4. The van der Waals surface area contributed by atoms with Gasteiger partial charge in [0.1, 0.15) is 36.3 Å². The number of carbonyl (C=O) groups is 1. The van der Waals surface area contributed by atoms with Crippen molar-refractivity contribution >= 4 is 17.4 Å². The number of ketones is 1. The molecule has 0 bridgehead atoms. The minimum absolute atomic E-state index is 0.214. The minimum Gasteiger partial charge on any atom is -0.490 e. The second-order valence-electron chi connectivity index (χ2n) is 8.37. The molecule has 1 heterocycles. The number of benzene rings is 2. The van der Waals surface area contributed by atoms with Gasteiger partial charge in [-0.15, -0.1) is 0 Å². The van der Waals surface area contributed by atoms with Crippen molar-refractivity contribution in [1.29, 1.82) is 0 Å². The third-order valence-electron chi connectivity index (χ3n) is 6.18. The number of carbonyl (C=O) groups excluding carboxylic acids is 1. The van der Waals surface area contributed by atoms with Crippen LogP contribution in [0.25, 0.3) is 0 Å². The van der Waals surface area contributed by atoms with Gasteiger partial charge in [0.05, 0.1) is 17.7 Å². The van der Waals surface area contributed by atoms with Crippen LogP contribution in [0.1, 0.15) is 53.3 Å². The van der Waals surface area contributed by atoms with Crippen molar-refractivity contribution < 1.29 is 34.7 Å². The molecule has 2 aromatic carbocycles. The summed E-state index contributed by atoms with van der Waals surface area (Å²) in [5.41, 5.74) is 1.04. The Morgan fingerprint density at radius 3 is 2.34 bits per heavy atom. The number of halogens is 1. The van der Waals surface area contributed by atoms with Gasteiger partial charge in [-0.1, -0.05) is 17.7 Å². The first-order valence-corrected chi connectivity index (χ1v) is 11.2. The molecule has 4 N–H and O–H groups in total. The van der Waals surface area contributed by atoms with Crippen molar-refractivity contribution in [3.63, 3.8) is 0 Å². The maximum Gasteiger partial charge on any atom is 0.194 e. The number of rotatable bonds is 6. The second-order valence-corrected chi connectivity index (χ2v) is 8.77. The Morgan fingerprint density at radius 1 is 1.00 bits per heavy atom. The monoisotopic (exact) mass is 462 g/mol. The van der Waals surface area contributed by atoms with E-state index in [4.69, 9.17) is 21.1 Å². The molecule has 0 spiro atoms. The highest BCUT2D eigenvalue weighted by atomic mass is 35.5.